The Labute approximate surface area is 117 Å². The first-order valence-electron chi connectivity index (χ1n) is 6.52. The van der Waals surface area contributed by atoms with Crippen molar-refractivity contribution < 1.29 is 4.79 Å². The number of nitrogens with one attached hydrogen (secondary N) is 2. The second kappa shape index (κ2) is 6.65. The molecular formula is C13H18N6O. The molecule has 0 aromatic carbocycles. The van der Waals surface area contributed by atoms with Crippen molar-refractivity contribution in [2.75, 3.05) is 11.9 Å². The van der Waals surface area contributed by atoms with E-state index in [2.05, 4.69) is 32.7 Å². The molecule has 2 N–H and O–H groups in total. The van der Waals surface area contributed by atoms with Gasteiger partial charge in [-0.05, 0) is 18.6 Å². The van der Waals surface area contributed by atoms with E-state index in [0.29, 0.717) is 23.9 Å². The van der Waals surface area contributed by atoms with Crippen LogP contribution in [0.3, 0.4) is 0 Å². The molecule has 0 fully saturated rings. The van der Waals surface area contributed by atoms with Crippen molar-refractivity contribution in [3.8, 4) is 0 Å². The lowest BCUT2D eigenvalue weighted by Crippen LogP contribution is -2.25. The minimum Gasteiger partial charge on any atom is -0.370 e. The van der Waals surface area contributed by atoms with Gasteiger partial charge in [-0.1, -0.05) is 13.0 Å². The fourth-order valence-electron chi connectivity index (χ4n) is 1.63. The lowest BCUT2D eigenvalue weighted by Gasteiger charge is -2.07. The van der Waals surface area contributed by atoms with Crippen LogP contribution in [-0.4, -0.2) is 32.2 Å². The molecule has 0 spiro atoms. The number of aromatic nitrogens is 4. The molecule has 0 aliphatic heterocycles. The maximum atomic E-state index is 12.0. The fraction of sp³-hybridized carbons (Fsp3) is 0.385. The third-order valence-electron chi connectivity index (χ3n) is 2.75. The van der Waals surface area contributed by atoms with Gasteiger partial charge in [-0.15, -0.1) is 10.2 Å². The van der Waals surface area contributed by atoms with Crippen LogP contribution >= 0.6 is 0 Å². The van der Waals surface area contributed by atoms with E-state index in [0.717, 1.165) is 13.0 Å². The third kappa shape index (κ3) is 3.53. The summed E-state index contributed by atoms with van der Waals surface area (Å²) >= 11 is 0. The minimum atomic E-state index is -0.229. The van der Waals surface area contributed by atoms with Crippen molar-refractivity contribution in [1.29, 1.82) is 0 Å². The number of aryl methyl sites for hydroxylation is 1. The van der Waals surface area contributed by atoms with Gasteiger partial charge in [0.15, 0.2) is 5.82 Å². The lowest BCUT2D eigenvalue weighted by molar-refractivity contribution is 0.0944. The molecule has 0 unspecified atom stereocenters. The highest BCUT2D eigenvalue weighted by Gasteiger charge is 2.09. The van der Waals surface area contributed by atoms with Crippen molar-refractivity contribution in [2.24, 2.45) is 7.05 Å². The summed E-state index contributed by atoms with van der Waals surface area (Å²) in [7, 11) is 1.83. The number of nitrogens with zero attached hydrogens (tertiary/aromatic N) is 4. The molecule has 2 rings (SSSR count). The van der Waals surface area contributed by atoms with Gasteiger partial charge in [0.1, 0.15) is 17.8 Å². The summed E-state index contributed by atoms with van der Waals surface area (Å²) in [6, 6.07) is 5.33. The van der Waals surface area contributed by atoms with E-state index < -0.39 is 0 Å². The van der Waals surface area contributed by atoms with Crippen LogP contribution in [0.15, 0.2) is 24.5 Å². The molecule has 0 saturated heterocycles. The Morgan fingerprint density at radius 3 is 2.95 bits per heavy atom. The van der Waals surface area contributed by atoms with Crippen LogP contribution in [0.4, 0.5) is 5.82 Å². The van der Waals surface area contributed by atoms with Crippen molar-refractivity contribution in [2.45, 2.75) is 19.9 Å². The van der Waals surface area contributed by atoms with Gasteiger partial charge >= 0.3 is 0 Å². The summed E-state index contributed by atoms with van der Waals surface area (Å²) in [5.74, 6) is 1.17. The first-order chi connectivity index (χ1) is 9.70. The molecule has 7 heteroatoms. The summed E-state index contributed by atoms with van der Waals surface area (Å²) in [5.41, 5.74) is 0.383. The maximum Gasteiger partial charge on any atom is 0.270 e. The van der Waals surface area contributed by atoms with Gasteiger partial charge in [-0.25, -0.2) is 4.98 Å². The largest absolute Gasteiger partial charge is 0.370 e. The zero-order valence-corrected chi connectivity index (χ0v) is 11.6. The molecule has 7 nitrogen and oxygen atoms in total. The van der Waals surface area contributed by atoms with E-state index in [9.17, 15) is 4.79 Å². The van der Waals surface area contributed by atoms with Crippen LogP contribution < -0.4 is 10.6 Å². The Morgan fingerprint density at radius 1 is 1.40 bits per heavy atom. The smallest absolute Gasteiger partial charge is 0.270 e. The number of anilines is 1. The van der Waals surface area contributed by atoms with E-state index in [1.54, 1.807) is 17.0 Å². The quantitative estimate of drug-likeness (QED) is 0.819. The Bertz CT molecular complexity index is 580. The van der Waals surface area contributed by atoms with E-state index >= 15 is 0 Å². The molecule has 0 radical (unpaired) electrons. The number of pyridine rings is 1. The van der Waals surface area contributed by atoms with Crippen LogP contribution in [0.5, 0.6) is 0 Å². The van der Waals surface area contributed by atoms with Gasteiger partial charge in [-0.3, -0.25) is 4.79 Å². The number of rotatable bonds is 6. The predicted molar refractivity (Wildman–Crippen MR) is 75.2 cm³/mol. The maximum absolute atomic E-state index is 12.0. The predicted octanol–water partition coefficient (Wildman–Crippen LogP) is 0.962. The SMILES string of the molecule is CCCNc1cccc(C(=O)NCc2nncn2C)n1. The Morgan fingerprint density at radius 2 is 2.25 bits per heavy atom. The fourth-order valence-corrected chi connectivity index (χ4v) is 1.63. The molecule has 1 amide bonds. The summed E-state index contributed by atoms with van der Waals surface area (Å²) in [6.07, 6.45) is 2.60. The monoisotopic (exact) mass is 274 g/mol. The molecule has 0 bridgehead atoms. The van der Waals surface area contributed by atoms with Gasteiger partial charge in [0.25, 0.3) is 5.91 Å². The van der Waals surface area contributed by atoms with E-state index in [1.807, 2.05) is 19.2 Å². The number of hydrogen-bond acceptors (Lipinski definition) is 5. The summed E-state index contributed by atoms with van der Waals surface area (Å²) in [5, 5.41) is 13.6. The van der Waals surface area contributed by atoms with Gasteiger partial charge in [-0.2, -0.15) is 0 Å². The summed E-state index contributed by atoms with van der Waals surface area (Å²) in [6.45, 7) is 3.23. The van der Waals surface area contributed by atoms with E-state index in [-0.39, 0.29) is 5.91 Å². The van der Waals surface area contributed by atoms with Crippen LogP contribution in [-0.2, 0) is 13.6 Å². The Balaban J connectivity index is 1.96. The molecule has 0 aliphatic rings. The van der Waals surface area contributed by atoms with Crippen molar-refractivity contribution >= 4 is 11.7 Å². The molecule has 0 aliphatic carbocycles. The third-order valence-corrected chi connectivity index (χ3v) is 2.75. The van der Waals surface area contributed by atoms with Gasteiger partial charge < -0.3 is 15.2 Å². The number of carbonyl (C=O) groups is 1. The van der Waals surface area contributed by atoms with Crippen molar-refractivity contribution in [1.82, 2.24) is 25.1 Å². The second-order valence-corrected chi connectivity index (χ2v) is 4.38. The standard InChI is InChI=1S/C13H18N6O/c1-3-7-14-11-6-4-5-10(17-11)13(20)15-8-12-18-16-9-19(12)2/h4-6,9H,3,7-8H2,1-2H3,(H,14,17)(H,15,20). The molecule has 2 aromatic heterocycles. The topological polar surface area (TPSA) is 84.7 Å². The molecule has 0 saturated carbocycles. The zero-order valence-electron chi connectivity index (χ0n) is 11.6. The number of amides is 1. The molecule has 2 aromatic rings. The summed E-state index contributed by atoms with van der Waals surface area (Å²) in [4.78, 5) is 16.3. The van der Waals surface area contributed by atoms with Crippen molar-refractivity contribution in [3.63, 3.8) is 0 Å². The molecule has 2 heterocycles. The van der Waals surface area contributed by atoms with Crippen LogP contribution in [0.2, 0.25) is 0 Å². The lowest BCUT2D eigenvalue weighted by atomic mass is 10.3. The first kappa shape index (κ1) is 14.0. The highest BCUT2D eigenvalue weighted by Crippen LogP contribution is 2.05. The molecule has 0 atom stereocenters. The van der Waals surface area contributed by atoms with Gasteiger partial charge in [0.05, 0.1) is 6.54 Å². The first-order valence-corrected chi connectivity index (χ1v) is 6.52. The van der Waals surface area contributed by atoms with E-state index in [1.165, 1.54) is 0 Å². The normalized spacial score (nSPS) is 10.3. The Hall–Kier alpha value is -2.44. The van der Waals surface area contributed by atoms with Crippen LogP contribution in [0, 0.1) is 0 Å². The van der Waals surface area contributed by atoms with Crippen LogP contribution in [0.1, 0.15) is 29.7 Å². The van der Waals surface area contributed by atoms with Crippen molar-refractivity contribution in [3.05, 3.63) is 36.0 Å². The molecule has 20 heavy (non-hydrogen) atoms. The van der Waals surface area contributed by atoms with Gasteiger partial charge in [0.2, 0.25) is 0 Å². The average molecular weight is 274 g/mol. The van der Waals surface area contributed by atoms with Crippen LogP contribution in [0.25, 0.3) is 0 Å². The number of carbonyl (C=O) groups excluding carboxylic acids is 1. The second-order valence-electron chi connectivity index (χ2n) is 4.38. The van der Waals surface area contributed by atoms with E-state index in [4.69, 9.17) is 0 Å². The molecule has 106 valence electrons. The highest BCUT2D eigenvalue weighted by molar-refractivity contribution is 5.92. The molecular weight excluding hydrogens is 256 g/mol. The average Bonchev–Trinajstić information content (AvgIpc) is 2.88. The summed E-state index contributed by atoms with van der Waals surface area (Å²) < 4.78 is 1.76. The number of hydrogen-bond donors (Lipinski definition) is 2. The minimum absolute atomic E-state index is 0.229. The highest BCUT2D eigenvalue weighted by atomic mass is 16.1. The van der Waals surface area contributed by atoms with Gasteiger partial charge in [0, 0.05) is 13.6 Å². The zero-order chi connectivity index (χ0) is 14.4. The Kier molecular flexibility index (Phi) is 4.65.